The number of ether oxygens (including phenoxy) is 2. The summed E-state index contributed by atoms with van der Waals surface area (Å²) in [6.07, 6.45) is 0.650. The third-order valence-corrected chi connectivity index (χ3v) is 3.75. The van der Waals surface area contributed by atoms with Gasteiger partial charge in [0.25, 0.3) is 0 Å². The van der Waals surface area contributed by atoms with Crippen LogP contribution in [0, 0.1) is 5.41 Å². The van der Waals surface area contributed by atoms with Gasteiger partial charge in [-0.05, 0) is 12.1 Å². The quantitative estimate of drug-likeness (QED) is 0.767. The number of thiophene rings is 1. The first-order chi connectivity index (χ1) is 7.16. The molecule has 1 aromatic rings. The molecular weight excluding hydrogens is 236 g/mol. The van der Waals surface area contributed by atoms with Gasteiger partial charge in [-0.2, -0.15) is 0 Å². The number of hydrogen-bond donors (Lipinski definition) is 0. The van der Waals surface area contributed by atoms with E-state index in [1.165, 1.54) is 18.4 Å². The predicted molar refractivity (Wildman–Crippen MR) is 58.3 cm³/mol. The van der Waals surface area contributed by atoms with Crippen LogP contribution in [0.15, 0.2) is 12.1 Å². The fourth-order valence-corrected chi connectivity index (χ4v) is 2.87. The molecule has 1 aromatic heterocycles. The lowest BCUT2D eigenvalue weighted by Gasteiger charge is -2.38. The lowest BCUT2D eigenvalue weighted by molar-refractivity contribution is -0.182. The minimum absolute atomic E-state index is 0.196. The van der Waals surface area contributed by atoms with E-state index >= 15 is 0 Å². The molecule has 15 heavy (non-hydrogen) atoms. The maximum Gasteiger partial charge on any atom is 0.316 e. The number of methoxy groups -OCH3 is 1. The maximum atomic E-state index is 11.6. The van der Waals surface area contributed by atoms with Crippen LogP contribution in [0.25, 0.3) is 0 Å². The third kappa shape index (κ3) is 2.02. The van der Waals surface area contributed by atoms with Gasteiger partial charge in [0.05, 0.1) is 24.7 Å². The maximum absolute atomic E-state index is 11.6. The smallest absolute Gasteiger partial charge is 0.316 e. The van der Waals surface area contributed by atoms with E-state index in [9.17, 15) is 4.79 Å². The Kier molecular flexibility index (Phi) is 3.00. The zero-order valence-electron chi connectivity index (χ0n) is 8.29. The zero-order chi connectivity index (χ0) is 10.9. The molecule has 0 aliphatic carbocycles. The van der Waals surface area contributed by atoms with Crippen molar-refractivity contribution in [2.75, 3.05) is 20.3 Å². The average Bonchev–Trinajstić information content (AvgIpc) is 2.56. The second kappa shape index (κ2) is 4.12. The van der Waals surface area contributed by atoms with Crippen LogP contribution in [0.1, 0.15) is 4.88 Å². The molecule has 2 heterocycles. The largest absolute Gasteiger partial charge is 0.468 e. The Morgan fingerprint density at radius 3 is 2.80 bits per heavy atom. The molecule has 0 spiro atoms. The van der Waals surface area contributed by atoms with Gasteiger partial charge >= 0.3 is 5.97 Å². The molecule has 3 nitrogen and oxygen atoms in total. The molecule has 1 aliphatic heterocycles. The van der Waals surface area contributed by atoms with E-state index in [0.29, 0.717) is 19.6 Å². The summed E-state index contributed by atoms with van der Waals surface area (Å²) in [5.74, 6) is -0.196. The minimum atomic E-state index is -0.483. The number of carbonyl (C=O) groups is 1. The summed E-state index contributed by atoms with van der Waals surface area (Å²) in [6.45, 7) is 0.879. The highest BCUT2D eigenvalue weighted by atomic mass is 35.5. The van der Waals surface area contributed by atoms with E-state index in [2.05, 4.69) is 0 Å². The van der Waals surface area contributed by atoms with Crippen LogP contribution in [0.2, 0.25) is 4.34 Å². The molecular formula is C10H11ClO3S. The van der Waals surface area contributed by atoms with E-state index in [4.69, 9.17) is 21.1 Å². The summed E-state index contributed by atoms with van der Waals surface area (Å²) >= 11 is 7.33. The lowest BCUT2D eigenvalue weighted by atomic mass is 9.82. The molecule has 0 bridgehead atoms. The van der Waals surface area contributed by atoms with Crippen LogP contribution < -0.4 is 0 Å². The summed E-state index contributed by atoms with van der Waals surface area (Å²) < 4.78 is 10.6. The second-order valence-electron chi connectivity index (χ2n) is 3.65. The van der Waals surface area contributed by atoms with Crippen LogP contribution in [0.3, 0.4) is 0 Å². The van der Waals surface area contributed by atoms with Gasteiger partial charge in [0.2, 0.25) is 0 Å². The lowest BCUT2D eigenvalue weighted by Crippen LogP contribution is -2.51. The summed E-state index contributed by atoms with van der Waals surface area (Å²) in [6, 6.07) is 3.78. The third-order valence-electron chi connectivity index (χ3n) is 2.52. The zero-order valence-corrected chi connectivity index (χ0v) is 9.86. The van der Waals surface area contributed by atoms with Crippen molar-refractivity contribution in [3.63, 3.8) is 0 Å². The summed E-state index contributed by atoms with van der Waals surface area (Å²) in [7, 11) is 1.41. The number of carbonyl (C=O) groups excluding carboxylic acids is 1. The Balaban J connectivity index is 2.11. The Bertz CT molecular complexity index is 370. The molecule has 0 N–H and O–H groups in total. The number of esters is 1. The van der Waals surface area contributed by atoms with Crippen LogP contribution in [-0.4, -0.2) is 26.3 Å². The molecule has 0 saturated carbocycles. The molecule has 0 amide bonds. The van der Waals surface area contributed by atoms with E-state index in [-0.39, 0.29) is 5.97 Å². The molecule has 1 aliphatic rings. The summed E-state index contributed by atoms with van der Waals surface area (Å²) in [4.78, 5) is 12.7. The SMILES string of the molecule is COC(=O)C1(Cc2ccc(Cl)s2)COC1. The first-order valence-electron chi connectivity index (χ1n) is 4.57. The van der Waals surface area contributed by atoms with Gasteiger partial charge in [-0.25, -0.2) is 0 Å². The van der Waals surface area contributed by atoms with Crippen molar-refractivity contribution in [1.29, 1.82) is 0 Å². The van der Waals surface area contributed by atoms with Crippen molar-refractivity contribution >= 4 is 28.9 Å². The standard InChI is InChI=1S/C10H11ClO3S/c1-13-9(12)10(5-14-6-10)4-7-2-3-8(11)15-7/h2-3H,4-6H2,1H3. The molecule has 0 aromatic carbocycles. The topological polar surface area (TPSA) is 35.5 Å². The molecule has 5 heteroatoms. The highest BCUT2D eigenvalue weighted by molar-refractivity contribution is 7.16. The van der Waals surface area contributed by atoms with E-state index in [1.54, 1.807) is 0 Å². The summed E-state index contributed by atoms with van der Waals surface area (Å²) in [5, 5.41) is 0. The predicted octanol–water partition coefficient (Wildman–Crippen LogP) is 2.13. The van der Waals surface area contributed by atoms with Gasteiger partial charge in [-0.15, -0.1) is 11.3 Å². The van der Waals surface area contributed by atoms with Gasteiger partial charge < -0.3 is 9.47 Å². The number of hydrogen-bond acceptors (Lipinski definition) is 4. The van der Waals surface area contributed by atoms with Crippen molar-refractivity contribution in [2.45, 2.75) is 6.42 Å². The number of halogens is 1. The highest BCUT2D eigenvalue weighted by Gasteiger charge is 2.47. The number of rotatable bonds is 3. The van der Waals surface area contributed by atoms with Gasteiger partial charge in [0.15, 0.2) is 0 Å². The minimum Gasteiger partial charge on any atom is -0.468 e. The van der Waals surface area contributed by atoms with Gasteiger partial charge in [0.1, 0.15) is 5.41 Å². The van der Waals surface area contributed by atoms with Crippen molar-refractivity contribution in [2.24, 2.45) is 5.41 Å². The second-order valence-corrected chi connectivity index (χ2v) is 5.45. The molecule has 0 unspecified atom stereocenters. The summed E-state index contributed by atoms with van der Waals surface area (Å²) in [5.41, 5.74) is -0.483. The average molecular weight is 247 g/mol. The molecule has 1 fully saturated rings. The molecule has 0 atom stereocenters. The molecule has 1 saturated heterocycles. The monoisotopic (exact) mass is 246 g/mol. The van der Waals surface area contributed by atoms with Gasteiger partial charge in [-0.3, -0.25) is 4.79 Å². The molecule has 82 valence electrons. The van der Waals surface area contributed by atoms with Crippen LogP contribution in [0.5, 0.6) is 0 Å². The fraction of sp³-hybridized carbons (Fsp3) is 0.500. The van der Waals surface area contributed by atoms with E-state index < -0.39 is 5.41 Å². The Labute approximate surface area is 96.9 Å². The first-order valence-corrected chi connectivity index (χ1v) is 5.76. The Hall–Kier alpha value is -0.580. The molecule has 2 rings (SSSR count). The fourth-order valence-electron chi connectivity index (χ4n) is 1.64. The van der Waals surface area contributed by atoms with Crippen molar-refractivity contribution < 1.29 is 14.3 Å². The Morgan fingerprint density at radius 1 is 1.67 bits per heavy atom. The van der Waals surface area contributed by atoms with Crippen LogP contribution >= 0.6 is 22.9 Å². The van der Waals surface area contributed by atoms with E-state index in [0.717, 1.165) is 9.21 Å². The highest BCUT2D eigenvalue weighted by Crippen LogP contribution is 2.35. The van der Waals surface area contributed by atoms with Crippen LogP contribution in [-0.2, 0) is 20.7 Å². The van der Waals surface area contributed by atoms with Crippen molar-refractivity contribution in [1.82, 2.24) is 0 Å². The normalized spacial score (nSPS) is 18.3. The molecule has 0 radical (unpaired) electrons. The first kappa shape index (κ1) is 10.9. The van der Waals surface area contributed by atoms with E-state index in [1.807, 2.05) is 12.1 Å². The van der Waals surface area contributed by atoms with Crippen LogP contribution in [0.4, 0.5) is 0 Å². The van der Waals surface area contributed by atoms with Gasteiger partial charge in [-0.1, -0.05) is 11.6 Å². The van der Waals surface area contributed by atoms with Gasteiger partial charge in [0, 0.05) is 11.3 Å². The van der Waals surface area contributed by atoms with Crippen molar-refractivity contribution in [3.05, 3.63) is 21.3 Å². The van der Waals surface area contributed by atoms with Crippen molar-refractivity contribution in [3.8, 4) is 0 Å². The Morgan fingerprint density at radius 2 is 2.40 bits per heavy atom.